The third-order valence-corrected chi connectivity index (χ3v) is 6.32. The second-order valence-corrected chi connectivity index (χ2v) is 7.79. The van der Waals surface area contributed by atoms with Crippen LogP contribution >= 0.6 is 0 Å². The third-order valence-electron chi connectivity index (χ3n) is 4.35. The summed E-state index contributed by atoms with van der Waals surface area (Å²) >= 11 is 0. The molecule has 3 rings (SSSR count). The highest BCUT2D eigenvalue weighted by molar-refractivity contribution is 7.89. The first kappa shape index (κ1) is 16.7. The van der Waals surface area contributed by atoms with E-state index in [1.807, 2.05) is 0 Å². The fourth-order valence-corrected chi connectivity index (χ4v) is 4.90. The maximum Gasteiger partial charge on any atom is 0.326 e. The van der Waals surface area contributed by atoms with E-state index in [1.54, 1.807) is 37.4 Å². The lowest BCUT2D eigenvalue weighted by Crippen LogP contribution is -2.37. The molecule has 0 fully saturated rings. The van der Waals surface area contributed by atoms with Gasteiger partial charge in [0.1, 0.15) is 6.04 Å². The van der Waals surface area contributed by atoms with E-state index in [9.17, 15) is 18.3 Å². The normalized spacial score (nSPS) is 15.5. The molecule has 0 bridgehead atoms. The molecule has 8 heteroatoms. The molecule has 2 aromatic rings. The number of carboxylic acids is 1. The van der Waals surface area contributed by atoms with E-state index in [0.29, 0.717) is 17.5 Å². The van der Waals surface area contributed by atoms with Gasteiger partial charge in [0.05, 0.1) is 5.69 Å². The molecule has 1 aromatic carbocycles. The Bertz CT molecular complexity index is 874. The molecule has 0 radical (unpaired) electrons. The van der Waals surface area contributed by atoms with Gasteiger partial charge in [0.25, 0.3) is 10.0 Å². The van der Waals surface area contributed by atoms with Gasteiger partial charge in [-0.25, -0.2) is 8.42 Å². The Morgan fingerprint density at radius 3 is 2.58 bits per heavy atom. The average molecular weight is 349 g/mol. The Hall–Kier alpha value is -2.19. The van der Waals surface area contributed by atoms with Crippen molar-refractivity contribution < 1.29 is 18.3 Å². The first-order valence-electron chi connectivity index (χ1n) is 7.64. The van der Waals surface area contributed by atoms with E-state index < -0.39 is 22.0 Å². The van der Waals surface area contributed by atoms with Gasteiger partial charge in [-0.3, -0.25) is 9.48 Å². The largest absolute Gasteiger partial charge is 0.480 e. The van der Waals surface area contributed by atoms with Gasteiger partial charge in [-0.05, 0) is 24.8 Å². The third kappa shape index (κ3) is 2.61. The predicted molar refractivity (Wildman–Crippen MR) is 87.0 cm³/mol. The quantitative estimate of drug-likeness (QED) is 0.880. The summed E-state index contributed by atoms with van der Waals surface area (Å²) in [5, 5.41) is 14.0. The van der Waals surface area contributed by atoms with Crippen LogP contribution in [0.2, 0.25) is 0 Å². The van der Waals surface area contributed by atoms with Gasteiger partial charge in [-0.1, -0.05) is 30.3 Å². The number of aryl methyl sites for hydroxylation is 2. The van der Waals surface area contributed by atoms with Gasteiger partial charge in [0.2, 0.25) is 0 Å². The molecule has 24 heavy (non-hydrogen) atoms. The Labute approximate surface area is 140 Å². The van der Waals surface area contributed by atoms with Gasteiger partial charge in [-0.2, -0.15) is 9.40 Å². The van der Waals surface area contributed by atoms with Crippen LogP contribution in [0, 0.1) is 0 Å². The molecule has 1 aromatic heterocycles. The van der Waals surface area contributed by atoms with Crippen molar-refractivity contribution in [1.82, 2.24) is 14.1 Å². The van der Waals surface area contributed by atoms with Crippen LogP contribution in [0.5, 0.6) is 0 Å². The highest BCUT2D eigenvalue weighted by Gasteiger charge is 2.38. The number of aliphatic carboxylic acids is 1. The zero-order chi connectivity index (χ0) is 17.5. The summed E-state index contributed by atoms with van der Waals surface area (Å²) in [7, 11) is -1.11. The van der Waals surface area contributed by atoms with Crippen LogP contribution in [0.25, 0.3) is 0 Å². The number of likely N-dealkylation sites (N-methyl/N-ethyl adjacent to an activating group) is 1. The molecule has 7 nitrogen and oxygen atoms in total. The van der Waals surface area contributed by atoms with Gasteiger partial charge in [0, 0.05) is 19.7 Å². The number of fused-ring (bicyclic) bond motifs is 1. The van der Waals surface area contributed by atoms with Crippen molar-refractivity contribution in [1.29, 1.82) is 0 Å². The SMILES string of the molecule is CN(C(C(=O)O)c1ccccc1)S(=O)(=O)c1c2c(nn1C)CCC2. The van der Waals surface area contributed by atoms with Crippen molar-refractivity contribution >= 4 is 16.0 Å². The minimum atomic E-state index is -3.99. The average Bonchev–Trinajstić information content (AvgIpc) is 3.07. The highest BCUT2D eigenvalue weighted by atomic mass is 32.2. The first-order chi connectivity index (χ1) is 11.3. The second kappa shape index (κ2) is 6.03. The number of carbonyl (C=O) groups is 1. The van der Waals surface area contributed by atoms with Crippen molar-refractivity contribution in [2.75, 3.05) is 7.05 Å². The van der Waals surface area contributed by atoms with Crippen LogP contribution in [0.1, 0.15) is 29.3 Å². The molecule has 1 N–H and O–H groups in total. The van der Waals surface area contributed by atoms with E-state index in [-0.39, 0.29) is 5.03 Å². The second-order valence-electron chi connectivity index (χ2n) is 5.88. The monoisotopic (exact) mass is 349 g/mol. The number of aromatic nitrogens is 2. The van der Waals surface area contributed by atoms with Crippen molar-refractivity contribution in [3.63, 3.8) is 0 Å². The summed E-state index contributed by atoms with van der Waals surface area (Å²) in [6.45, 7) is 0. The van der Waals surface area contributed by atoms with Crippen LogP contribution in [0.15, 0.2) is 35.4 Å². The number of hydrogen-bond donors (Lipinski definition) is 1. The van der Waals surface area contributed by atoms with Crippen LogP contribution in [0.3, 0.4) is 0 Å². The van der Waals surface area contributed by atoms with E-state index >= 15 is 0 Å². The number of sulfonamides is 1. The molecule has 0 amide bonds. The van der Waals surface area contributed by atoms with E-state index in [0.717, 1.165) is 22.8 Å². The van der Waals surface area contributed by atoms with E-state index in [4.69, 9.17) is 0 Å². The molecule has 0 saturated carbocycles. The smallest absolute Gasteiger partial charge is 0.326 e. The molecular weight excluding hydrogens is 330 g/mol. The summed E-state index contributed by atoms with van der Waals surface area (Å²) < 4.78 is 28.5. The maximum absolute atomic E-state index is 13.1. The van der Waals surface area contributed by atoms with Crippen molar-refractivity contribution in [3.05, 3.63) is 47.2 Å². The molecule has 128 valence electrons. The molecule has 1 unspecified atom stereocenters. The Balaban J connectivity index is 2.07. The minimum absolute atomic E-state index is 0.0969. The summed E-state index contributed by atoms with van der Waals surface area (Å²) in [5.74, 6) is -1.22. The maximum atomic E-state index is 13.1. The van der Waals surface area contributed by atoms with Crippen molar-refractivity contribution in [3.8, 4) is 0 Å². The molecule has 0 aliphatic heterocycles. The van der Waals surface area contributed by atoms with Crippen LogP contribution in [0.4, 0.5) is 0 Å². The lowest BCUT2D eigenvalue weighted by Gasteiger charge is -2.25. The molecule has 1 aliphatic carbocycles. The topological polar surface area (TPSA) is 92.5 Å². The molecule has 1 atom stereocenters. The Morgan fingerprint density at radius 2 is 1.96 bits per heavy atom. The Morgan fingerprint density at radius 1 is 1.29 bits per heavy atom. The standard InChI is InChI=1S/C16H19N3O4S/c1-18-15(12-9-6-10-13(12)17-18)24(22,23)19(2)14(16(20)21)11-7-4-3-5-8-11/h3-5,7-8,14H,6,9-10H2,1-2H3,(H,20,21). The molecule has 1 aliphatic rings. The molecule has 0 spiro atoms. The fourth-order valence-electron chi connectivity index (χ4n) is 3.23. The number of hydrogen-bond acceptors (Lipinski definition) is 4. The number of benzene rings is 1. The lowest BCUT2D eigenvalue weighted by atomic mass is 10.1. The number of rotatable bonds is 5. The first-order valence-corrected chi connectivity index (χ1v) is 9.08. The molecule has 1 heterocycles. The summed E-state index contributed by atoms with van der Waals surface area (Å²) in [6, 6.07) is 7.06. The highest BCUT2D eigenvalue weighted by Crippen LogP contribution is 2.32. The predicted octanol–water partition coefficient (Wildman–Crippen LogP) is 1.36. The van der Waals surface area contributed by atoms with Crippen molar-refractivity contribution in [2.24, 2.45) is 7.05 Å². The van der Waals surface area contributed by atoms with Gasteiger partial charge in [-0.15, -0.1) is 0 Å². The minimum Gasteiger partial charge on any atom is -0.480 e. The summed E-state index contributed by atoms with van der Waals surface area (Å²) in [6.07, 6.45) is 2.27. The summed E-state index contributed by atoms with van der Waals surface area (Å²) in [4.78, 5) is 11.7. The molecule has 0 saturated heterocycles. The van der Waals surface area contributed by atoms with Gasteiger partial charge >= 0.3 is 5.97 Å². The molecular formula is C16H19N3O4S. The zero-order valence-corrected chi connectivity index (χ0v) is 14.3. The van der Waals surface area contributed by atoms with Gasteiger partial charge in [0.15, 0.2) is 5.03 Å². The Kier molecular flexibility index (Phi) is 4.18. The number of carboxylic acid groups (broad SMARTS) is 1. The van der Waals surface area contributed by atoms with E-state index in [1.165, 1.54) is 11.7 Å². The number of nitrogens with zero attached hydrogens (tertiary/aromatic N) is 3. The fraction of sp³-hybridized carbons (Fsp3) is 0.375. The van der Waals surface area contributed by atoms with Crippen LogP contribution in [-0.2, 0) is 34.7 Å². The summed E-state index contributed by atoms with van der Waals surface area (Å²) in [5.41, 5.74) is 1.91. The van der Waals surface area contributed by atoms with Crippen molar-refractivity contribution in [2.45, 2.75) is 30.3 Å². The lowest BCUT2D eigenvalue weighted by molar-refractivity contribution is -0.141. The zero-order valence-electron chi connectivity index (χ0n) is 13.5. The van der Waals surface area contributed by atoms with Crippen LogP contribution < -0.4 is 0 Å². The van der Waals surface area contributed by atoms with Gasteiger partial charge < -0.3 is 5.11 Å². The van der Waals surface area contributed by atoms with E-state index in [2.05, 4.69) is 5.10 Å². The van der Waals surface area contributed by atoms with Crippen LogP contribution in [-0.4, -0.2) is 40.6 Å².